The molecule has 5 N–H and O–H groups in total. The second kappa shape index (κ2) is 7.90. The molecule has 1 aliphatic rings. The summed E-state index contributed by atoms with van der Waals surface area (Å²) in [4.78, 5) is 25.4. The quantitative estimate of drug-likeness (QED) is 0.277. The van der Waals surface area contributed by atoms with Gasteiger partial charge in [-0.2, -0.15) is 0 Å². The second-order valence-electron chi connectivity index (χ2n) is 7.91. The van der Waals surface area contributed by atoms with Crippen LogP contribution in [0.15, 0.2) is 66.7 Å². The Morgan fingerprint density at radius 2 is 1.56 bits per heavy atom. The van der Waals surface area contributed by atoms with Gasteiger partial charge in [-0.3, -0.25) is 0 Å². The van der Waals surface area contributed by atoms with E-state index in [0.717, 1.165) is 41.6 Å². The molecule has 2 heterocycles. The lowest BCUT2D eigenvalue weighted by Crippen LogP contribution is -2.50. The number of carboxylic acid groups (broad SMARTS) is 1. The Labute approximate surface area is 184 Å². The van der Waals surface area contributed by atoms with Crippen molar-refractivity contribution in [3.63, 3.8) is 0 Å². The zero-order valence-corrected chi connectivity index (χ0v) is 17.2. The van der Waals surface area contributed by atoms with E-state index < -0.39 is 11.6 Å². The fourth-order valence-electron chi connectivity index (χ4n) is 4.19. The number of nitrogens with one attached hydrogen (secondary N) is 2. The number of rotatable bonds is 5. The molecular formula is C24H22N6O2. The van der Waals surface area contributed by atoms with Gasteiger partial charge in [-0.25, -0.2) is 25.6 Å². The topological polar surface area (TPSA) is 126 Å². The summed E-state index contributed by atoms with van der Waals surface area (Å²) in [6, 6.07) is 21.3. The number of benzene rings is 2. The summed E-state index contributed by atoms with van der Waals surface area (Å²) >= 11 is 0. The number of anilines is 1. The van der Waals surface area contributed by atoms with Gasteiger partial charge in [-0.1, -0.05) is 54.6 Å². The minimum absolute atomic E-state index is 0.488. The lowest BCUT2D eigenvalue weighted by Gasteiger charge is -2.42. The number of fused-ring (bicyclic) bond motifs is 1. The summed E-state index contributed by atoms with van der Waals surface area (Å²) in [6.45, 7) is 0. The number of nitrogens with two attached hydrogens (primary N) is 1. The first-order valence-corrected chi connectivity index (χ1v) is 10.4. The van der Waals surface area contributed by atoms with Crippen molar-refractivity contribution < 1.29 is 9.90 Å². The molecule has 0 unspecified atom stereocenters. The fraction of sp³-hybridized carbons (Fsp3) is 0.167. The summed E-state index contributed by atoms with van der Waals surface area (Å²) in [6.07, 6.45) is 1.58. The third-order valence-corrected chi connectivity index (χ3v) is 5.99. The summed E-state index contributed by atoms with van der Waals surface area (Å²) in [5.74, 6) is 6.02. The van der Waals surface area contributed by atoms with Gasteiger partial charge in [0.2, 0.25) is 0 Å². The lowest BCUT2D eigenvalue weighted by atomic mass is 9.71. The van der Waals surface area contributed by atoms with Crippen molar-refractivity contribution in [1.82, 2.24) is 20.3 Å². The minimum Gasteiger partial charge on any atom is -0.465 e. The zero-order chi connectivity index (χ0) is 22.1. The maximum Gasteiger partial charge on any atom is 0.405 e. The van der Waals surface area contributed by atoms with Gasteiger partial charge in [0, 0.05) is 11.1 Å². The first-order chi connectivity index (χ1) is 15.6. The SMILES string of the molecule is NNc1ccc2nc(-c3ccccc3)c(-c3ccc(C4(NC(=O)O)CCC4)cc3)nc2n1. The molecule has 8 nitrogen and oxygen atoms in total. The van der Waals surface area contributed by atoms with Crippen LogP contribution in [-0.4, -0.2) is 26.2 Å². The number of hydrogen-bond donors (Lipinski definition) is 4. The van der Waals surface area contributed by atoms with E-state index in [2.05, 4.69) is 15.7 Å². The van der Waals surface area contributed by atoms with Crippen LogP contribution in [0, 0.1) is 0 Å². The Bertz CT molecular complexity index is 1290. The van der Waals surface area contributed by atoms with Crippen LogP contribution >= 0.6 is 0 Å². The molecule has 0 aliphatic heterocycles. The van der Waals surface area contributed by atoms with Crippen molar-refractivity contribution in [3.8, 4) is 22.5 Å². The normalized spacial score (nSPS) is 14.5. The number of nitrogen functional groups attached to an aromatic ring is 1. The molecule has 1 fully saturated rings. The first-order valence-electron chi connectivity index (χ1n) is 10.4. The van der Waals surface area contributed by atoms with E-state index in [1.807, 2.05) is 60.7 Å². The van der Waals surface area contributed by atoms with Crippen molar-refractivity contribution in [2.45, 2.75) is 24.8 Å². The molecule has 2 aromatic carbocycles. The van der Waals surface area contributed by atoms with Crippen LogP contribution < -0.4 is 16.6 Å². The number of aromatic nitrogens is 3. The van der Waals surface area contributed by atoms with Crippen molar-refractivity contribution in [3.05, 3.63) is 72.3 Å². The standard InChI is InChI=1S/C24H22N6O2/c25-30-19-12-11-18-22(27-19)28-21(20(26-18)15-5-2-1-3-6-15)16-7-9-17(10-8-16)24(13-4-14-24)29-23(31)32/h1-3,5-12,29H,4,13-14,25H2,(H,31,32)(H,27,28,30). The molecule has 0 saturated heterocycles. The van der Waals surface area contributed by atoms with Crippen LogP contribution in [0.3, 0.4) is 0 Å². The van der Waals surface area contributed by atoms with E-state index in [9.17, 15) is 9.90 Å². The third-order valence-electron chi connectivity index (χ3n) is 5.99. The van der Waals surface area contributed by atoms with Crippen molar-refractivity contribution in [2.24, 2.45) is 5.84 Å². The minimum atomic E-state index is -1.00. The number of nitrogens with zero attached hydrogens (tertiary/aromatic N) is 3. The molecule has 1 saturated carbocycles. The molecule has 4 aromatic rings. The van der Waals surface area contributed by atoms with Gasteiger partial charge in [0.05, 0.1) is 16.9 Å². The highest BCUT2D eigenvalue weighted by molar-refractivity contribution is 5.85. The third kappa shape index (κ3) is 3.50. The van der Waals surface area contributed by atoms with Gasteiger partial charge in [0.15, 0.2) is 5.65 Å². The second-order valence-corrected chi connectivity index (χ2v) is 7.91. The zero-order valence-electron chi connectivity index (χ0n) is 17.2. The molecule has 1 amide bonds. The Morgan fingerprint density at radius 3 is 2.19 bits per heavy atom. The molecule has 8 heteroatoms. The fourth-order valence-corrected chi connectivity index (χ4v) is 4.19. The van der Waals surface area contributed by atoms with E-state index in [1.165, 1.54) is 0 Å². The maximum atomic E-state index is 11.3. The predicted octanol–water partition coefficient (Wildman–Crippen LogP) is 4.29. The van der Waals surface area contributed by atoms with Crippen LogP contribution in [-0.2, 0) is 5.54 Å². The molecule has 0 spiro atoms. The number of hydrazine groups is 1. The summed E-state index contributed by atoms with van der Waals surface area (Å²) in [5, 5.41) is 12.0. The first kappa shape index (κ1) is 19.9. The van der Waals surface area contributed by atoms with E-state index in [4.69, 9.17) is 15.8 Å². The summed E-state index contributed by atoms with van der Waals surface area (Å²) < 4.78 is 0. The largest absolute Gasteiger partial charge is 0.465 e. The van der Waals surface area contributed by atoms with Crippen molar-refractivity contribution in [2.75, 3.05) is 5.43 Å². The number of amides is 1. The smallest absolute Gasteiger partial charge is 0.405 e. The average Bonchev–Trinajstić information content (AvgIpc) is 2.81. The van der Waals surface area contributed by atoms with Crippen LogP contribution in [0.2, 0.25) is 0 Å². The molecule has 32 heavy (non-hydrogen) atoms. The lowest BCUT2D eigenvalue weighted by molar-refractivity contribution is 0.144. The van der Waals surface area contributed by atoms with Crippen LogP contribution in [0.25, 0.3) is 33.7 Å². The van der Waals surface area contributed by atoms with Gasteiger partial charge in [-0.05, 0) is 37.0 Å². The van der Waals surface area contributed by atoms with E-state index in [0.29, 0.717) is 22.7 Å². The molecule has 0 radical (unpaired) electrons. The highest BCUT2D eigenvalue weighted by Crippen LogP contribution is 2.42. The Kier molecular flexibility index (Phi) is 4.91. The molecule has 5 rings (SSSR count). The van der Waals surface area contributed by atoms with Gasteiger partial charge in [-0.15, -0.1) is 0 Å². The molecule has 160 valence electrons. The van der Waals surface area contributed by atoms with Gasteiger partial charge in [0.1, 0.15) is 11.3 Å². The van der Waals surface area contributed by atoms with E-state index >= 15 is 0 Å². The molecule has 2 aromatic heterocycles. The predicted molar refractivity (Wildman–Crippen MR) is 123 cm³/mol. The Morgan fingerprint density at radius 1 is 0.875 bits per heavy atom. The highest BCUT2D eigenvalue weighted by atomic mass is 16.4. The van der Waals surface area contributed by atoms with Gasteiger partial charge in [0.25, 0.3) is 0 Å². The number of hydrogen-bond acceptors (Lipinski definition) is 6. The van der Waals surface area contributed by atoms with E-state index in [1.54, 1.807) is 6.07 Å². The number of carbonyl (C=O) groups is 1. The van der Waals surface area contributed by atoms with Crippen LogP contribution in [0.1, 0.15) is 24.8 Å². The maximum absolute atomic E-state index is 11.3. The Balaban J connectivity index is 1.63. The van der Waals surface area contributed by atoms with E-state index in [-0.39, 0.29) is 0 Å². The molecular weight excluding hydrogens is 404 g/mol. The summed E-state index contributed by atoms with van der Waals surface area (Å²) in [5.41, 5.74) is 7.42. The number of pyridine rings is 1. The summed E-state index contributed by atoms with van der Waals surface area (Å²) in [7, 11) is 0. The average molecular weight is 426 g/mol. The highest BCUT2D eigenvalue weighted by Gasteiger charge is 2.40. The van der Waals surface area contributed by atoms with Crippen LogP contribution in [0.4, 0.5) is 10.6 Å². The molecule has 0 bridgehead atoms. The molecule has 0 atom stereocenters. The van der Waals surface area contributed by atoms with Gasteiger partial charge < -0.3 is 15.8 Å². The van der Waals surface area contributed by atoms with Crippen LogP contribution in [0.5, 0.6) is 0 Å². The van der Waals surface area contributed by atoms with Crippen molar-refractivity contribution >= 4 is 23.1 Å². The monoisotopic (exact) mass is 426 g/mol. The van der Waals surface area contributed by atoms with Gasteiger partial charge >= 0.3 is 6.09 Å². The molecule has 1 aliphatic carbocycles. The van der Waals surface area contributed by atoms with Crippen molar-refractivity contribution in [1.29, 1.82) is 0 Å². The Hall–Kier alpha value is -4.04.